The normalized spacial score (nSPS) is 30.4. The molecule has 5 atom stereocenters. The molecule has 5 amide bonds. The average Bonchev–Trinajstić information content (AvgIpc) is 4.03. The van der Waals surface area contributed by atoms with Crippen molar-refractivity contribution in [1.29, 1.82) is 0 Å². The average molecular weight is 784 g/mol. The minimum Gasteiger partial charge on any atom is -0.444 e. The van der Waals surface area contributed by atoms with Crippen LogP contribution >= 0.6 is 11.6 Å². The molecule has 4 fully saturated rings. The number of ether oxygens (including phenoxy) is 1. The molecule has 3 N–H and O–H groups in total. The van der Waals surface area contributed by atoms with E-state index in [4.69, 9.17) is 16.3 Å². The zero-order chi connectivity index (χ0) is 37.9. The van der Waals surface area contributed by atoms with E-state index in [9.17, 15) is 45.6 Å². The minimum atomic E-state index is -4.82. The molecule has 1 saturated heterocycles. The number of alkyl halides is 3. The molecule has 1 unspecified atom stereocenters. The third-order valence-corrected chi connectivity index (χ3v) is 13.5. The number of hydrogen-bond acceptors (Lipinski definition) is 8. The zero-order valence-electron chi connectivity index (χ0n) is 28.8. The van der Waals surface area contributed by atoms with Crippen molar-refractivity contribution < 1.29 is 50.3 Å². The Kier molecular flexibility index (Phi) is 9.73. The first-order valence-electron chi connectivity index (χ1n) is 18.0. The van der Waals surface area contributed by atoms with Crippen LogP contribution in [0.15, 0.2) is 30.4 Å². The van der Waals surface area contributed by atoms with Gasteiger partial charge in [0.15, 0.2) is 0 Å². The fourth-order valence-electron chi connectivity index (χ4n) is 7.64. The van der Waals surface area contributed by atoms with Gasteiger partial charge in [-0.15, -0.1) is 0 Å². The Labute approximate surface area is 309 Å². The Morgan fingerprint density at radius 1 is 1.02 bits per heavy atom. The maximum Gasteiger partial charge on any atom is 0.410 e. The minimum absolute atomic E-state index is 0.00168. The van der Waals surface area contributed by atoms with Crippen LogP contribution in [0, 0.1) is 11.3 Å². The Morgan fingerprint density at radius 2 is 1.77 bits per heavy atom. The molecule has 288 valence electrons. The van der Waals surface area contributed by atoms with E-state index in [2.05, 4.69) is 15.4 Å². The monoisotopic (exact) mass is 783 g/mol. The quantitative estimate of drug-likeness (QED) is 0.368. The third kappa shape index (κ3) is 7.34. The van der Waals surface area contributed by atoms with E-state index in [1.807, 2.05) is 12.1 Å². The molecule has 3 saturated carbocycles. The van der Waals surface area contributed by atoms with Gasteiger partial charge in [-0.05, 0) is 68.6 Å². The highest BCUT2D eigenvalue weighted by molar-refractivity contribution is 7.91. The number of hydrogen-bond donors (Lipinski definition) is 3. The van der Waals surface area contributed by atoms with Crippen LogP contribution in [0.4, 0.5) is 18.0 Å². The summed E-state index contributed by atoms with van der Waals surface area (Å²) in [6.45, 7) is 0.0530. The van der Waals surface area contributed by atoms with Crippen LogP contribution in [0.25, 0.3) is 0 Å². The molecule has 18 heteroatoms. The summed E-state index contributed by atoms with van der Waals surface area (Å²) in [4.78, 5) is 71.1. The summed E-state index contributed by atoms with van der Waals surface area (Å²) < 4.78 is 75.1. The summed E-state index contributed by atoms with van der Waals surface area (Å²) in [7, 11) is -3.98. The molecule has 1 aromatic carbocycles. The van der Waals surface area contributed by atoms with Gasteiger partial charge in [0.2, 0.25) is 27.7 Å². The second-order valence-corrected chi connectivity index (χ2v) is 17.5. The molecule has 53 heavy (non-hydrogen) atoms. The van der Waals surface area contributed by atoms with Gasteiger partial charge < -0.3 is 20.3 Å². The van der Waals surface area contributed by atoms with E-state index in [0.29, 0.717) is 43.5 Å². The zero-order valence-corrected chi connectivity index (χ0v) is 30.3. The first-order chi connectivity index (χ1) is 25.0. The van der Waals surface area contributed by atoms with E-state index < -0.39 is 99.1 Å². The molecule has 13 nitrogen and oxygen atoms in total. The van der Waals surface area contributed by atoms with Crippen LogP contribution in [0.3, 0.4) is 0 Å². The Morgan fingerprint density at radius 3 is 2.45 bits per heavy atom. The predicted octanol–water partition coefficient (Wildman–Crippen LogP) is 3.59. The summed E-state index contributed by atoms with van der Waals surface area (Å²) in [5.41, 5.74) is -2.65. The van der Waals surface area contributed by atoms with Crippen molar-refractivity contribution in [3.8, 4) is 0 Å². The van der Waals surface area contributed by atoms with Gasteiger partial charge in [-0.25, -0.2) is 13.2 Å². The van der Waals surface area contributed by atoms with Crippen LogP contribution in [-0.2, 0) is 47.0 Å². The van der Waals surface area contributed by atoms with Crippen molar-refractivity contribution in [1.82, 2.24) is 25.2 Å². The summed E-state index contributed by atoms with van der Waals surface area (Å²) in [5.74, 6) is -4.42. The topological polar surface area (TPSA) is 171 Å². The highest BCUT2D eigenvalue weighted by atomic mass is 35.5. The molecule has 3 aliphatic heterocycles. The van der Waals surface area contributed by atoms with Crippen LogP contribution < -0.4 is 15.4 Å². The van der Waals surface area contributed by atoms with E-state index in [1.54, 1.807) is 18.2 Å². The molecule has 1 aromatic rings. The van der Waals surface area contributed by atoms with Crippen molar-refractivity contribution in [2.24, 2.45) is 11.3 Å². The number of fused-ring (bicyclic) bond motifs is 3. The number of carbonyl (C=O) groups excluding carboxylic acids is 5. The van der Waals surface area contributed by atoms with Gasteiger partial charge in [0, 0.05) is 23.9 Å². The lowest BCUT2D eigenvalue weighted by atomic mass is 10.0. The molecule has 0 bridgehead atoms. The van der Waals surface area contributed by atoms with Gasteiger partial charge in [0.1, 0.15) is 29.1 Å². The number of allylic oxidation sites excluding steroid dienone is 1. The Bertz CT molecular complexity index is 1850. The Balaban J connectivity index is 1.15. The second-order valence-electron chi connectivity index (χ2n) is 15.1. The summed E-state index contributed by atoms with van der Waals surface area (Å²) in [5, 5.41) is 4.83. The van der Waals surface area contributed by atoms with E-state index in [-0.39, 0.29) is 38.9 Å². The lowest BCUT2D eigenvalue weighted by Crippen LogP contribution is -2.59. The fourth-order valence-corrected chi connectivity index (χ4v) is 9.25. The third-order valence-electron chi connectivity index (χ3n) is 11.3. The van der Waals surface area contributed by atoms with Gasteiger partial charge >= 0.3 is 12.3 Å². The fraction of sp³-hybridized carbons (Fsp3) is 0.629. The molecule has 0 aromatic heterocycles. The maximum absolute atomic E-state index is 14.3. The second kappa shape index (κ2) is 13.8. The number of amides is 5. The lowest BCUT2D eigenvalue weighted by molar-refractivity contribution is -0.193. The highest BCUT2D eigenvalue weighted by Crippen LogP contribution is 2.57. The van der Waals surface area contributed by atoms with Crippen LogP contribution in [0.5, 0.6) is 0 Å². The van der Waals surface area contributed by atoms with Gasteiger partial charge in [0.25, 0.3) is 5.91 Å². The molecule has 6 aliphatic rings. The molecule has 7 rings (SSSR count). The molecular formula is C35H41ClF3N5O8S. The van der Waals surface area contributed by atoms with E-state index in [1.165, 1.54) is 4.90 Å². The smallest absolute Gasteiger partial charge is 0.410 e. The number of halogens is 4. The number of nitrogens with one attached hydrogen (secondary N) is 3. The Hall–Kier alpha value is -3.86. The molecular weight excluding hydrogens is 743 g/mol. The van der Waals surface area contributed by atoms with Gasteiger partial charge in [0.05, 0.1) is 18.3 Å². The molecule has 3 aliphatic carbocycles. The highest BCUT2D eigenvalue weighted by Gasteiger charge is 2.69. The molecule has 0 radical (unpaired) electrons. The number of rotatable bonds is 6. The van der Waals surface area contributed by atoms with Crippen LogP contribution in [-0.4, -0.2) is 89.6 Å². The van der Waals surface area contributed by atoms with E-state index in [0.717, 1.165) is 16.0 Å². The number of carbonyl (C=O) groups is 5. The van der Waals surface area contributed by atoms with Crippen molar-refractivity contribution >= 4 is 51.3 Å². The van der Waals surface area contributed by atoms with Gasteiger partial charge in [-0.2, -0.15) is 13.2 Å². The van der Waals surface area contributed by atoms with E-state index >= 15 is 0 Å². The first kappa shape index (κ1) is 37.5. The van der Waals surface area contributed by atoms with Gasteiger partial charge in [-0.1, -0.05) is 48.7 Å². The summed E-state index contributed by atoms with van der Waals surface area (Å²) in [6, 6.07) is 2.49. The molecule has 0 spiro atoms. The van der Waals surface area contributed by atoms with Gasteiger partial charge in [-0.3, -0.25) is 28.8 Å². The summed E-state index contributed by atoms with van der Waals surface area (Å²) in [6.07, 6.45) is -1.04. The van der Waals surface area contributed by atoms with Crippen molar-refractivity contribution in [2.75, 3.05) is 6.54 Å². The standard InChI is InChI=1S/C35H41ClF3N5O8S/c36-25-9-6-7-20-17-43(19-24(20)25)32(49)52-22-15-27-28(45)41-34(31(48)42-53(50,51)23-11-12-23)16-21(34)8-4-2-1-3-5-10-26(29(46)44(27)18-22)40-30(47)33(13-14-33)35(37,38)39/h4,6-9,21-23,26-27H,1-3,5,10-19H2,(H,40,47)(H,41,45)(H,42,48)/b8-4-/t21-,22-,26?,27+,34-/m1/s1. The SMILES string of the molecule is O=C1N[C@]2(C(=O)NS(=O)(=O)C3CC3)C[C@H]2/C=C\CCCCCC(NC(=O)C2(C(F)(F)F)CC2)C(=O)N2C[C@H](OC(=O)N3Cc4cccc(Cl)c4C3)C[C@@H]12. The predicted molar refractivity (Wildman–Crippen MR) is 182 cm³/mol. The first-order valence-corrected chi connectivity index (χ1v) is 19.9. The van der Waals surface area contributed by atoms with Crippen LogP contribution in [0.2, 0.25) is 5.02 Å². The van der Waals surface area contributed by atoms with Crippen molar-refractivity contribution in [3.05, 3.63) is 46.5 Å². The molecule has 3 heterocycles. The van der Waals surface area contributed by atoms with Crippen LogP contribution in [0.1, 0.15) is 81.8 Å². The lowest BCUT2D eigenvalue weighted by Gasteiger charge is -2.31. The number of nitrogens with zero attached hydrogens (tertiary/aromatic N) is 2. The number of sulfonamides is 1. The maximum atomic E-state index is 14.3. The summed E-state index contributed by atoms with van der Waals surface area (Å²) >= 11 is 6.32. The number of benzene rings is 1. The largest absolute Gasteiger partial charge is 0.444 e. The van der Waals surface area contributed by atoms with Crippen molar-refractivity contribution in [2.45, 2.75) is 119 Å². The van der Waals surface area contributed by atoms with Crippen molar-refractivity contribution in [3.63, 3.8) is 0 Å².